The molecule has 0 bridgehead atoms. The van der Waals surface area contributed by atoms with Gasteiger partial charge < -0.3 is 5.32 Å². The molecule has 0 amide bonds. The van der Waals surface area contributed by atoms with Crippen LogP contribution >= 0.6 is 0 Å². The molecule has 2 aliphatic rings. The van der Waals surface area contributed by atoms with Crippen molar-refractivity contribution in [1.29, 1.82) is 0 Å². The van der Waals surface area contributed by atoms with E-state index < -0.39 is 0 Å². The van der Waals surface area contributed by atoms with Crippen molar-refractivity contribution in [2.45, 2.75) is 70.5 Å². The highest BCUT2D eigenvalue weighted by Gasteiger charge is 2.27. The second-order valence-electron chi connectivity index (χ2n) is 5.47. The van der Waals surface area contributed by atoms with Crippen LogP contribution in [0.1, 0.15) is 52.4 Å². The van der Waals surface area contributed by atoms with Crippen LogP contribution in [0.2, 0.25) is 0 Å². The van der Waals surface area contributed by atoms with Gasteiger partial charge in [-0.1, -0.05) is 12.8 Å². The molecule has 0 saturated carbocycles. The summed E-state index contributed by atoms with van der Waals surface area (Å²) in [7, 11) is 0. The molecule has 2 aliphatic heterocycles. The minimum Gasteiger partial charge on any atom is -0.313 e. The highest BCUT2D eigenvalue weighted by Crippen LogP contribution is 2.23. The molecule has 0 aliphatic carbocycles. The Morgan fingerprint density at radius 3 is 2.33 bits per heavy atom. The van der Waals surface area contributed by atoms with Gasteiger partial charge in [0, 0.05) is 24.7 Å². The maximum Gasteiger partial charge on any atom is 0.0195 e. The van der Waals surface area contributed by atoms with E-state index in [-0.39, 0.29) is 0 Å². The average Bonchev–Trinajstić information content (AvgIpc) is 2.25. The summed E-state index contributed by atoms with van der Waals surface area (Å²) in [6.07, 6.45) is 8.41. The van der Waals surface area contributed by atoms with Crippen LogP contribution < -0.4 is 5.32 Å². The Bertz CT molecular complexity index is 177. The molecule has 2 saturated heterocycles. The van der Waals surface area contributed by atoms with Crippen LogP contribution in [0.25, 0.3) is 0 Å². The molecule has 2 rings (SSSR count). The van der Waals surface area contributed by atoms with Crippen molar-refractivity contribution >= 4 is 0 Å². The lowest BCUT2D eigenvalue weighted by atomic mass is 9.95. The van der Waals surface area contributed by atoms with Gasteiger partial charge in [-0.05, 0) is 46.1 Å². The maximum absolute atomic E-state index is 3.67. The zero-order chi connectivity index (χ0) is 10.7. The van der Waals surface area contributed by atoms with Gasteiger partial charge in [0.15, 0.2) is 0 Å². The molecular formula is C13H26N2. The first-order valence-electron chi connectivity index (χ1n) is 6.76. The second kappa shape index (κ2) is 5.31. The summed E-state index contributed by atoms with van der Waals surface area (Å²) >= 11 is 0. The molecule has 2 fully saturated rings. The zero-order valence-electron chi connectivity index (χ0n) is 10.3. The van der Waals surface area contributed by atoms with Crippen LogP contribution in [-0.2, 0) is 0 Å². The molecule has 3 atom stereocenters. The first-order valence-corrected chi connectivity index (χ1v) is 6.76. The number of nitrogens with one attached hydrogen (secondary N) is 1. The lowest BCUT2D eigenvalue weighted by Gasteiger charge is -2.41. The number of hydrogen-bond acceptors (Lipinski definition) is 2. The third kappa shape index (κ3) is 2.94. The molecule has 0 aromatic rings. The van der Waals surface area contributed by atoms with Crippen molar-refractivity contribution < 1.29 is 0 Å². The summed E-state index contributed by atoms with van der Waals surface area (Å²) in [5, 5.41) is 3.67. The Morgan fingerprint density at radius 1 is 1.00 bits per heavy atom. The third-order valence-corrected chi connectivity index (χ3v) is 4.22. The summed E-state index contributed by atoms with van der Waals surface area (Å²) in [4.78, 5) is 2.73. The Morgan fingerprint density at radius 2 is 1.73 bits per heavy atom. The van der Waals surface area contributed by atoms with Crippen LogP contribution in [0.5, 0.6) is 0 Å². The first-order chi connectivity index (χ1) is 7.27. The van der Waals surface area contributed by atoms with Crippen LogP contribution in [0, 0.1) is 0 Å². The molecule has 2 nitrogen and oxygen atoms in total. The Hall–Kier alpha value is -0.0800. The molecule has 0 aromatic carbocycles. The van der Waals surface area contributed by atoms with Gasteiger partial charge in [0.1, 0.15) is 0 Å². The van der Waals surface area contributed by atoms with Crippen LogP contribution in [0.15, 0.2) is 0 Å². The van der Waals surface area contributed by atoms with Crippen molar-refractivity contribution in [3.8, 4) is 0 Å². The molecule has 0 radical (unpaired) electrons. The van der Waals surface area contributed by atoms with Gasteiger partial charge in [0.2, 0.25) is 0 Å². The van der Waals surface area contributed by atoms with Crippen molar-refractivity contribution in [3.63, 3.8) is 0 Å². The standard InChI is InChI=1S/C13H26N2/c1-11-6-5-7-12(2)15(11)10-13-8-3-4-9-14-13/h11-14H,3-10H2,1-2H3/t11-,12-,13-/m1/s1. The number of rotatable bonds is 2. The van der Waals surface area contributed by atoms with Crippen molar-refractivity contribution in [2.75, 3.05) is 13.1 Å². The molecule has 0 spiro atoms. The molecular weight excluding hydrogens is 184 g/mol. The van der Waals surface area contributed by atoms with E-state index in [2.05, 4.69) is 24.1 Å². The van der Waals surface area contributed by atoms with Gasteiger partial charge in [-0.2, -0.15) is 0 Å². The van der Waals surface area contributed by atoms with E-state index in [0.717, 1.165) is 18.1 Å². The zero-order valence-corrected chi connectivity index (χ0v) is 10.3. The van der Waals surface area contributed by atoms with E-state index in [1.54, 1.807) is 0 Å². The predicted molar refractivity (Wildman–Crippen MR) is 65.1 cm³/mol. The van der Waals surface area contributed by atoms with Crippen molar-refractivity contribution in [2.24, 2.45) is 0 Å². The molecule has 2 heterocycles. The van der Waals surface area contributed by atoms with Gasteiger partial charge in [-0.3, -0.25) is 4.90 Å². The quantitative estimate of drug-likeness (QED) is 0.753. The summed E-state index contributed by atoms with van der Waals surface area (Å²) in [6.45, 7) is 7.32. The fourth-order valence-corrected chi connectivity index (χ4v) is 3.17. The van der Waals surface area contributed by atoms with Crippen molar-refractivity contribution in [3.05, 3.63) is 0 Å². The smallest absolute Gasteiger partial charge is 0.0195 e. The Balaban J connectivity index is 1.84. The maximum atomic E-state index is 3.67. The van der Waals surface area contributed by atoms with Gasteiger partial charge in [0.05, 0.1) is 0 Å². The number of hydrogen-bond donors (Lipinski definition) is 1. The lowest BCUT2D eigenvalue weighted by Crippen LogP contribution is -2.51. The number of piperidine rings is 2. The highest BCUT2D eigenvalue weighted by atomic mass is 15.2. The predicted octanol–water partition coefficient (Wildman–Crippen LogP) is 2.39. The molecule has 1 N–H and O–H groups in total. The van der Waals surface area contributed by atoms with E-state index >= 15 is 0 Å². The number of nitrogens with zero attached hydrogens (tertiary/aromatic N) is 1. The molecule has 15 heavy (non-hydrogen) atoms. The Labute approximate surface area is 94.4 Å². The monoisotopic (exact) mass is 210 g/mol. The SMILES string of the molecule is C[C@@H]1CCC[C@@H](C)N1C[C@H]1CCCCN1. The minimum atomic E-state index is 0.766. The molecule has 88 valence electrons. The van der Waals surface area contributed by atoms with Gasteiger partial charge >= 0.3 is 0 Å². The fourth-order valence-electron chi connectivity index (χ4n) is 3.17. The van der Waals surface area contributed by atoms with Gasteiger partial charge in [-0.25, -0.2) is 0 Å². The van der Waals surface area contributed by atoms with E-state index in [9.17, 15) is 0 Å². The fraction of sp³-hybridized carbons (Fsp3) is 1.00. The van der Waals surface area contributed by atoms with Gasteiger partial charge in [0.25, 0.3) is 0 Å². The third-order valence-electron chi connectivity index (χ3n) is 4.22. The normalized spacial score (nSPS) is 39.2. The van der Waals surface area contributed by atoms with E-state index in [1.165, 1.54) is 51.6 Å². The summed E-state index contributed by atoms with van der Waals surface area (Å²) in [5.41, 5.74) is 0. The highest BCUT2D eigenvalue weighted by molar-refractivity contribution is 4.84. The minimum absolute atomic E-state index is 0.766. The van der Waals surface area contributed by atoms with Crippen LogP contribution in [0.3, 0.4) is 0 Å². The first kappa shape index (κ1) is 11.4. The van der Waals surface area contributed by atoms with Crippen LogP contribution in [0.4, 0.5) is 0 Å². The van der Waals surface area contributed by atoms with Crippen molar-refractivity contribution in [1.82, 2.24) is 10.2 Å². The molecule has 2 heteroatoms. The summed E-state index contributed by atoms with van der Waals surface area (Å²) in [5.74, 6) is 0. The summed E-state index contributed by atoms with van der Waals surface area (Å²) < 4.78 is 0. The van der Waals surface area contributed by atoms with E-state index in [0.29, 0.717) is 0 Å². The van der Waals surface area contributed by atoms with Crippen LogP contribution in [-0.4, -0.2) is 36.1 Å². The Kier molecular flexibility index (Phi) is 4.04. The lowest BCUT2D eigenvalue weighted by molar-refractivity contribution is 0.0864. The largest absolute Gasteiger partial charge is 0.313 e. The van der Waals surface area contributed by atoms with E-state index in [1.807, 2.05) is 0 Å². The second-order valence-corrected chi connectivity index (χ2v) is 5.47. The molecule has 0 aromatic heterocycles. The average molecular weight is 210 g/mol. The molecule has 0 unspecified atom stereocenters. The number of likely N-dealkylation sites (tertiary alicyclic amines) is 1. The van der Waals surface area contributed by atoms with E-state index in [4.69, 9.17) is 0 Å². The summed E-state index contributed by atoms with van der Waals surface area (Å²) in [6, 6.07) is 2.37. The topological polar surface area (TPSA) is 15.3 Å². The van der Waals surface area contributed by atoms with Gasteiger partial charge in [-0.15, -0.1) is 0 Å².